The summed E-state index contributed by atoms with van der Waals surface area (Å²) < 4.78 is 5.86. The Balaban J connectivity index is 1.72. The van der Waals surface area contributed by atoms with Crippen LogP contribution in [0.4, 0.5) is 10.5 Å². The number of carbonyl (C=O) groups excluding carboxylic acids is 2. The first-order valence-corrected chi connectivity index (χ1v) is 8.52. The molecule has 0 aliphatic rings. The molecule has 0 unspecified atom stereocenters. The van der Waals surface area contributed by atoms with E-state index >= 15 is 0 Å². The summed E-state index contributed by atoms with van der Waals surface area (Å²) in [5, 5.41) is 8.18. The van der Waals surface area contributed by atoms with Crippen molar-refractivity contribution in [3.8, 4) is 5.75 Å². The fraction of sp³-hybridized carbons (Fsp3) is 0.222. The highest BCUT2D eigenvalue weighted by molar-refractivity contribution is 9.10. The molecule has 132 valence electrons. The minimum absolute atomic E-state index is 0.203. The molecule has 0 bridgehead atoms. The topological polar surface area (TPSA) is 79.5 Å². The molecule has 0 saturated heterocycles. The van der Waals surface area contributed by atoms with Gasteiger partial charge in [0.15, 0.2) is 0 Å². The highest BCUT2D eigenvalue weighted by Gasteiger charge is 2.07. The third kappa shape index (κ3) is 5.79. The van der Waals surface area contributed by atoms with Crippen molar-refractivity contribution in [1.82, 2.24) is 10.6 Å². The summed E-state index contributed by atoms with van der Waals surface area (Å²) >= 11 is 3.40. The predicted octanol–water partition coefficient (Wildman–Crippen LogP) is 3.32. The van der Waals surface area contributed by atoms with E-state index in [2.05, 4.69) is 31.9 Å². The fourth-order valence-electron chi connectivity index (χ4n) is 2.08. The van der Waals surface area contributed by atoms with Crippen LogP contribution in [0.15, 0.2) is 46.9 Å². The normalized spacial score (nSPS) is 10.0. The average molecular weight is 406 g/mol. The molecule has 3 amide bonds. The van der Waals surface area contributed by atoms with Crippen molar-refractivity contribution in [2.24, 2.45) is 0 Å². The predicted molar refractivity (Wildman–Crippen MR) is 101 cm³/mol. The molecule has 2 aromatic carbocycles. The van der Waals surface area contributed by atoms with E-state index in [-0.39, 0.29) is 11.9 Å². The van der Waals surface area contributed by atoms with E-state index < -0.39 is 0 Å². The highest BCUT2D eigenvalue weighted by Crippen LogP contribution is 2.23. The van der Waals surface area contributed by atoms with Crippen molar-refractivity contribution in [2.45, 2.75) is 6.92 Å². The molecule has 0 spiro atoms. The van der Waals surface area contributed by atoms with Crippen molar-refractivity contribution in [3.05, 3.63) is 58.1 Å². The Morgan fingerprint density at radius 1 is 1.04 bits per heavy atom. The van der Waals surface area contributed by atoms with Crippen molar-refractivity contribution in [3.63, 3.8) is 0 Å². The number of ether oxygens (including phenoxy) is 1. The number of nitrogens with one attached hydrogen (secondary N) is 3. The molecule has 2 aromatic rings. The lowest BCUT2D eigenvalue weighted by molar-refractivity contribution is 0.0954. The number of benzene rings is 2. The van der Waals surface area contributed by atoms with Gasteiger partial charge in [0.1, 0.15) is 5.75 Å². The van der Waals surface area contributed by atoms with E-state index in [1.54, 1.807) is 31.4 Å². The maximum Gasteiger partial charge on any atom is 0.319 e. The van der Waals surface area contributed by atoms with Gasteiger partial charge in [0.05, 0.1) is 12.8 Å². The molecular formula is C18H20BrN3O3. The number of aryl methyl sites for hydroxylation is 1. The van der Waals surface area contributed by atoms with Crippen LogP contribution in [-0.2, 0) is 0 Å². The molecule has 7 heteroatoms. The van der Waals surface area contributed by atoms with E-state index in [9.17, 15) is 9.59 Å². The van der Waals surface area contributed by atoms with Gasteiger partial charge in [-0.1, -0.05) is 6.07 Å². The molecule has 0 saturated carbocycles. The molecule has 0 heterocycles. The lowest BCUT2D eigenvalue weighted by atomic mass is 10.2. The van der Waals surface area contributed by atoms with Crippen molar-refractivity contribution < 1.29 is 14.3 Å². The molecular weight excluding hydrogens is 386 g/mol. The van der Waals surface area contributed by atoms with E-state index in [1.807, 2.05) is 25.1 Å². The summed E-state index contributed by atoms with van der Waals surface area (Å²) in [6, 6.07) is 12.1. The highest BCUT2D eigenvalue weighted by atomic mass is 79.9. The molecule has 0 aromatic heterocycles. The summed E-state index contributed by atoms with van der Waals surface area (Å²) in [6.45, 7) is 2.62. The maximum absolute atomic E-state index is 12.0. The van der Waals surface area contributed by atoms with E-state index in [0.717, 1.165) is 10.0 Å². The number of anilines is 1. The Hall–Kier alpha value is -2.54. The van der Waals surface area contributed by atoms with E-state index in [0.29, 0.717) is 30.1 Å². The van der Waals surface area contributed by atoms with Gasteiger partial charge in [0.2, 0.25) is 0 Å². The Kier molecular flexibility index (Phi) is 6.82. The molecule has 0 fully saturated rings. The van der Waals surface area contributed by atoms with E-state index in [4.69, 9.17) is 4.74 Å². The fourth-order valence-corrected chi connectivity index (χ4v) is 2.68. The van der Waals surface area contributed by atoms with Crippen molar-refractivity contribution in [1.29, 1.82) is 0 Å². The minimum Gasteiger partial charge on any atom is -0.497 e. The van der Waals surface area contributed by atoms with Crippen LogP contribution in [0.5, 0.6) is 5.75 Å². The first kappa shape index (κ1) is 18.8. The monoisotopic (exact) mass is 405 g/mol. The van der Waals surface area contributed by atoms with Gasteiger partial charge < -0.3 is 20.7 Å². The third-order valence-electron chi connectivity index (χ3n) is 3.42. The summed E-state index contributed by atoms with van der Waals surface area (Å²) in [7, 11) is 1.57. The zero-order valence-corrected chi connectivity index (χ0v) is 15.6. The van der Waals surface area contributed by atoms with Crippen LogP contribution in [0.2, 0.25) is 0 Å². The first-order valence-electron chi connectivity index (χ1n) is 7.73. The first-order chi connectivity index (χ1) is 12.0. The number of urea groups is 1. The second-order valence-electron chi connectivity index (χ2n) is 5.35. The van der Waals surface area contributed by atoms with Gasteiger partial charge in [0.25, 0.3) is 5.91 Å². The maximum atomic E-state index is 12.0. The van der Waals surface area contributed by atoms with Gasteiger partial charge in [-0.05, 0) is 64.8 Å². The number of rotatable bonds is 6. The second-order valence-corrected chi connectivity index (χ2v) is 6.20. The largest absolute Gasteiger partial charge is 0.497 e. The lowest BCUT2D eigenvalue weighted by Crippen LogP contribution is -2.36. The summed E-state index contributed by atoms with van der Waals surface area (Å²) in [5.41, 5.74) is 2.32. The zero-order chi connectivity index (χ0) is 18.2. The molecule has 0 aliphatic carbocycles. The molecule has 2 rings (SSSR count). The van der Waals surface area contributed by atoms with Crippen LogP contribution < -0.4 is 20.7 Å². The number of hydrogen-bond acceptors (Lipinski definition) is 3. The van der Waals surface area contributed by atoms with Crippen LogP contribution in [-0.4, -0.2) is 32.1 Å². The third-order valence-corrected chi connectivity index (χ3v) is 4.08. The van der Waals surface area contributed by atoms with Crippen molar-refractivity contribution >= 4 is 33.6 Å². The molecule has 25 heavy (non-hydrogen) atoms. The van der Waals surface area contributed by atoms with Gasteiger partial charge in [-0.2, -0.15) is 0 Å². The molecule has 3 N–H and O–H groups in total. The number of amides is 3. The SMILES string of the molecule is COc1ccc(C(=O)NCCNC(=O)Nc2ccc(C)cc2Br)cc1. The smallest absolute Gasteiger partial charge is 0.319 e. The quantitative estimate of drug-likeness (QED) is 0.644. The van der Waals surface area contributed by atoms with Crippen LogP contribution >= 0.6 is 15.9 Å². The molecule has 6 nitrogen and oxygen atoms in total. The Morgan fingerprint density at radius 3 is 2.36 bits per heavy atom. The Bertz CT molecular complexity index is 748. The summed E-state index contributed by atoms with van der Waals surface area (Å²) in [6.07, 6.45) is 0. The Labute approximate surface area is 155 Å². The van der Waals surface area contributed by atoms with Gasteiger partial charge in [-0.25, -0.2) is 4.79 Å². The van der Waals surface area contributed by atoms with Crippen molar-refractivity contribution in [2.75, 3.05) is 25.5 Å². The zero-order valence-electron chi connectivity index (χ0n) is 14.1. The lowest BCUT2D eigenvalue weighted by Gasteiger charge is -2.10. The second kappa shape index (κ2) is 9.08. The number of methoxy groups -OCH3 is 1. The van der Waals surface area contributed by atoms with Gasteiger partial charge in [-0.3, -0.25) is 4.79 Å². The number of hydrogen-bond donors (Lipinski definition) is 3. The number of carbonyl (C=O) groups is 2. The summed E-state index contributed by atoms with van der Waals surface area (Å²) in [5.74, 6) is 0.489. The van der Waals surface area contributed by atoms with Crippen LogP contribution in [0.3, 0.4) is 0 Å². The van der Waals surface area contributed by atoms with Gasteiger partial charge in [0, 0.05) is 23.1 Å². The molecule has 0 aliphatic heterocycles. The standard InChI is InChI=1S/C18H20BrN3O3/c1-12-3-8-16(15(19)11-12)22-18(24)21-10-9-20-17(23)13-4-6-14(25-2)7-5-13/h3-8,11H,9-10H2,1-2H3,(H,20,23)(H2,21,22,24). The number of halogens is 1. The van der Waals surface area contributed by atoms with Crippen LogP contribution in [0, 0.1) is 6.92 Å². The van der Waals surface area contributed by atoms with Gasteiger partial charge >= 0.3 is 6.03 Å². The molecule has 0 atom stereocenters. The van der Waals surface area contributed by atoms with E-state index in [1.165, 1.54) is 0 Å². The van der Waals surface area contributed by atoms with Crippen LogP contribution in [0.1, 0.15) is 15.9 Å². The molecule has 0 radical (unpaired) electrons. The van der Waals surface area contributed by atoms with Crippen LogP contribution in [0.25, 0.3) is 0 Å². The average Bonchev–Trinajstić information content (AvgIpc) is 2.61. The van der Waals surface area contributed by atoms with Gasteiger partial charge in [-0.15, -0.1) is 0 Å². The Morgan fingerprint density at radius 2 is 1.72 bits per heavy atom. The minimum atomic E-state index is -0.330. The summed E-state index contributed by atoms with van der Waals surface area (Å²) in [4.78, 5) is 23.8.